The third-order valence-electron chi connectivity index (χ3n) is 3.47. The van der Waals surface area contributed by atoms with Crippen LogP contribution in [0.5, 0.6) is 0 Å². The van der Waals surface area contributed by atoms with Crippen LogP contribution < -0.4 is 5.32 Å². The zero-order chi connectivity index (χ0) is 13.1. The zero-order valence-corrected chi connectivity index (χ0v) is 12.1. The number of nitrogens with one attached hydrogen (secondary N) is 1. The Balaban J connectivity index is 2.64. The molecule has 102 valence electrons. The van der Waals surface area contributed by atoms with E-state index in [4.69, 9.17) is 0 Å². The van der Waals surface area contributed by atoms with E-state index < -0.39 is 10.0 Å². The van der Waals surface area contributed by atoms with Crippen LogP contribution in [-0.2, 0) is 10.0 Å². The van der Waals surface area contributed by atoms with E-state index in [0.717, 1.165) is 13.1 Å². The Hall–Kier alpha value is -0.170. The fraction of sp³-hybridized carbons (Fsp3) is 1.00. The Morgan fingerprint density at radius 2 is 2.06 bits per heavy atom. The molecule has 0 aromatic heterocycles. The van der Waals surface area contributed by atoms with Crippen molar-refractivity contribution in [3.63, 3.8) is 0 Å². The van der Waals surface area contributed by atoms with Crippen molar-refractivity contribution in [2.45, 2.75) is 32.1 Å². The van der Waals surface area contributed by atoms with Crippen LogP contribution >= 0.6 is 0 Å². The van der Waals surface area contributed by atoms with Crippen molar-refractivity contribution < 1.29 is 8.42 Å². The van der Waals surface area contributed by atoms with Crippen molar-refractivity contribution >= 4 is 10.0 Å². The first-order valence-electron chi connectivity index (χ1n) is 6.29. The normalized spacial score (nSPS) is 26.0. The third-order valence-corrected chi connectivity index (χ3v) is 5.71. The van der Waals surface area contributed by atoms with Crippen molar-refractivity contribution in [3.8, 4) is 0 Å². The van der Waals surface area contributed by atoms with E-state index in [9.17, 15) is 8.42 Å². The van der Waals surface area contributed by atoms with E-state index in [1.165, 1.54) is 0 Å². The SMILES string of the molecule is CCNCC(C)S(=O)(=O)N1CCN(C)C(C)C1. The molecule has 0 bridgehead atoms. The van der Waals surface area contributed by atoms with E-state index in [-0.39, 0.29) is 5.25 Å². The van der Waals surface area contributed by atoms with Crippen LogP contribution in [-0.4, -0.2) is 68.7 Å². The maximum absolute atomic E-state index is 12.3. The monoisotopic (exact) mass is 263 g/mol. The first kappa shape index (κ1) is 14.9. The Morgan fingerprint density at radius 3 is 2.59 bits per heavy atom. The molecule has 6 heteroatoms. The van der Waals surface area contributed by atoms with E-state index in [1.807, 2.05) is 14.0 Å². The maximum atomic E-state index is 12.3. The average Bonchev–Trinajstić information content (AvgIpc) is 2.29. The maximum Gasteiger partial charge on any atom is 0.218 e. The lowest BCUT2D eigenvalue weighted by Crippen LogP contribution is -2.54. The summed E-state index contributed by atoms with van der Waals surface area (Å²) in [5.74, 6) is 0. The second kappa shape index (κ2) is 6.13. The molecule has 0 saturated carbocycles. The third kappa shape index (κ3) is 3.64. The standard InChI is InChI=1S/C11H25N3O2S/c1-5-12-8-11(3)17(15,16)14-7-6-13(4)10(2)9-14/h10-12H,5-9H2,1-4H3. The predicted molar refractivity (Wildman–Crippen MR) is 70.6 cm³/mol. The van der Waals surface area contributed by atoms with Crippen LogP contribution in [0.4, 0.5) is 0 Å². The van der Waals surface area contributed by atoms with E-state index >= 15 is 0 Å². The molecular weight excluding hydrogens is 238 g/mol. The van der Waals surface area contributed by atoms with Crippen molar-refractivity contribution in [1.82, 2.24) is 14.5 Å². The number of nitrogens with zero attached hydrogens (tertiary/aromatic N) is 2. The van der Waals surface area contributed by atoms with Crippen LogP contribution in [0.2, 0.25) is 0 Å². The topological polar surface area (TPSA) is 52.7 Å². The summed E-state index contributed by atoms with van der Waals surface area (Å²) in [7, 11) is -1.11. The molecule has 0 radical (unpaired) electrons. The van der Waals surface area contributed by atoms with Crippen LogP contribution in [0.15, 0.2) is 0 Å². The summed E-state index contributed by atoms with van der Waals surface area (Å²) in [6, 6.07) is 0.296. The van der Waals surface area contributed by atoms with Gasteiger partial charge in [-0.05, 0) is 27.4 Å². The van der Waals surface area contributed by atoms with Gasteiger partial charge in [-0.1, -0.05) is 6.92 Å². The highest BCUT2D eigenvalue weighted by Gasteiger charge is 2.32. The lowest BCUT2D eigenvalue weighted by atomic mass is 10.2. The van der Waals surface area contributed by atoms with Gasteiger partial charge >= 0.3 is 0 Å². The highest BCUT2D eigenvalue weighted by Crippen LogP contribution is 2.15. The minimum atomic E-state index is -3.15. The molecule has 0 aromatic rings. The van der Waals surface area contributed by atoms with Crippen molar-refractivity contribution in [2.24, 2.45) is 0 Å². The minimum Gasteiger partial charge on any atom is -0.316 e. The van der Waals surface area contributed by atoms with E-state index in [2.05, 4.69) is 17.1 Å². The van der Waals surface area contributed by atoms with Crippen molar-refractivity contribution in [1.29, 1.82) is 0 Å². The lowest BCUT2D eigenvalue weighted by molar-refractivity contribution is 0.159. The zero-order valence-electron chi connectivity index (χ0n) is 11.3. The van der Waals surface area contributed by atoms with Gasteiger partial charge in [0.25, 0.3) is 0 Å². The van der Waals surface area contributed by atoms with Gasteiger partial charge in [-0.25, -0.2) is 8.42 Å². The van der Waals surface area contributed by atoms with Gasteiger partial charge in [-0.15, -0.1) is 0 Å². The van der Waals surface area contributed by atoms with Gasteiger partial charge in [0.15, 0.2) is 0 Å². The van der Waals surface area contributed by atoms with Crippen molar-refractivity contribution in [3.05, 3.63) is 0 Å². The summed E-state index contributed by atoms with van der Waals surface area (Å²) in [5, 5.41) is 2.75. The predicted octanol–water partition coefficient (Wildman–Crippen LogP) is -0.0499. The molecule has 1 aliphatic rings. The molecule has 0 spiro atoms. The van der Waals surface area contributed by atoms with Gasteiger partial charge in [0, 0.05) is 32.2 Å². The molecule has 1 fully saturated rings. The molecule has 1 rings (SSSR count). The minimum absolute atomic E-state index is 0.296. The molecule has 0 aliphatic carbocycles. The summed E-state index contributed by atoms with van der Waals surface area (Å²) in [5.41, 5.74) is 0. The fourth-order valence-corrected chi connectivity index (χ4v) is 3.55. The molecule has 2 atom stereocenters. The van der Waals surface area contributed by atoms with E-state index in [1.54, 1.807) is 11.2 Å². The van der Waals surface area contributed by atoms with Crippen LogP contribution in [0.25, 0.3) is 0 Å². The Labute approximate surface area is 105 Å². The molecule has 5 nitrogen and oxygen atoms in total. The lowest BCUT2D eigenvalue weighted by Gasteiger charge is -2.38. The molecule has 1 aliphatic heterocycles. The summed E-state index contributed by atoms with van der Waals surface area (Å²) in [6.45, 7) is 9.19. The summed E-state index contributed by atoms with van der Waals surface area (Å²) in [4.78, 5) is 2.20. The molecule has 1 saturated heterocycles. The number of piperazine rings is 1. The molecule has 2 unspecified atom stereocenters. The Bertz CT molecular complexity index is 332. The molecule has 0 aromatic carbocycles. The number of likely N-dealkylation sites (N-methyl/N-ethyl adjacent to an activating group) is 1. The fourth-order valence-electron chi connectivity index (χ4n) is 1.95. The Morgan fingerprint density at radius 1 is 1.41 bits per heavy atom. The van der Waals surface area contributed by atoms with Crippen LogP contribution in [0.1, 0.15) is 20.8 Å². The second-order valence-electron chi connectivity index (χ2n) is 4.85. The summed E-state index contributed by atoms with van der Waals surface area (Å²) in [6.07, 6.45) is 0. The van der Waals surface area contributed by atoms with Crippen LogP contribution in [0.3, 0.4) is 0 Å². The quantitative estimate of drug-likeness (QED) is 0.756. The van der Waals surface area contributed by atoms with Gasteiger partial charge in [-0.2, -0.15) is 4.31 Å². The largest absolute Gasteiger partial charge is 0.316 e. The first-order chi connectivity index (χ1) is 7.89. The first-order valence-corrected chi connectivity index (χ1v) is 7.79. The molecule has 1 heterocycles. The van der Waals surface area contributed by atoms with Gasteiger partial charge in [0.1, 0.15) is 0 Å². The van der Waals surface area contributed by atoms with Gasteiger partial charge < -0.3 is 10.2 Å². The molecule has 1 N–H and O–H groups in total. The van der Waals surface area contributed by atoms with Crippen molar-refractivity contribution in [2.75, 3.05) is 39.8 Å². The summed E-state index contributed by atoms with van der Waals surface area (Å²) < 4.78 is 26.3. The molecule has 17 heavy (non-hydrogen) atoms. The van der Waals surface area contributed by atoms with Gasteiger partial charge in [0.2, 0.25) is 10.0 Å². The smallest absolute Gasteiger partial charge is 0.218 e. The molecular formula is C11H25N3O2S. The highest BCUT2D eigenvalue weighted by atomic mass is 32.2. The number of rotatable bonds is 5. The summed E-state index contributed by atoms with van der Waals surface area (Å²) >= 11 is 0. The number of hydrogen-bond acceptors (Lipinski definition) is 4. The van der Waals surface area contributed by atoms with E-state index in [0.29, 0.717) is 25.7 Å². The second-order valence-corrected chi connectivity index (χ2v) is 7.20. The number of hydrogen-bond donors (Lipinski definition) is 1. The van der Waals surface area contributed by atoms with Crippen LogP contribution in [0, 0.1) is 0 Å². The van der Waals surface area contributed by atoms with Gasteiger partial charge in [-0.3, -0.25) is 0 Å². The average molecular weight is 263 g/mol. The Kier molecular flexibility index (Phi) is 5.37. The van der Waals surface area contributed by atoms with Gasteiger partial charge in [0.05, 0.1) is 5.25 Å². The molecule has 0 amide bonds. The number of sulfonamides is 1. The highest BCUT2D eigenvalue weighted by molar-refractivity contribution is 7.89.